The van der Waals surface area contributed by atoms with E-state index in [1.165, 1.54) is 23.0 Å². The summed E-state index contributed by atoms with van der Waals surface area (Å²) < 4.78 is 0. The highest BCUT2D eigenvalue weighted by atomic mass is 35.5. The fourth-order valence-electron chi connectivity index (χ4n) is 4.40. The van der Waals surface area contributed by atoms with Crippen LogP contribution in [0.5, 0.6) is 0 Å². The third-order valence-electron chi connectivity index (χ3n) is 6.09. The second kappa shape index (κ2) is 7.55. The van der Waals surface area contributed by atoms with Gasteiger partial charge < -0.3 is 10.6 Å². The highest BCUT2D eigenvalue weighted by Crippen LogP contribution is 2.50. The molecule has 1 fully saturated rings. The minimum atomic E-state index is 0.0717. The van der Waals surface area contributed by atoms with Gasteiger partial charge in [-0.2, -0.15) is 0 Å². The molecular formula is C21H21ClN6S. The van der Waals surface area contributed by atoms with E-state index in [-0.39, 0.29) is 11.5 Å². The summed E-state index contributed by atoms with van der Waals surface area (Å²) in [5, 5.41) is 1.47. The zero-order valence-corrected chi connectivity index (χ0v) is 17.4. The van der Waals surface area contributed by atoms with Crippen molar-refractivity contribution in [3.63, 3.8) is 0 Å². The van der Waals surface area contributed by atoms with Crippen molar-refractivity contribution in [2.45, 2.75) is 35.2 Å². The quantitative estimate of drug-likeness (QED) is 0.682. The number of nitrogens with two attached hydrogens (primary N) is 1. The Hall–Kier alpha value is -2.22. The molecule has 0 unspecified atom stereocenters. The van der Waals surface area contributed by atoms with E-state index in [0.29, 0.717) is 5.02 Å². The normalized spacial score (nSPS) is 20.1. The van der Waals surface area contributed by atoms with Crippen LogP contribution in [0.4, 0.5) is 5.82 Å². The molecule has 1 saturated heterocycles. The maximum atomic E-state index is 6.64. The Morgan fingerprint density at radius 3 is 2.66 bits per heavy atom. The molecule has 1 aliphatic heterocycles. The average molecular weight is 425 g/mol. The summed E-state index contributed by atoms with van der Waals surface area (Å²) in [6.07, 6.45) is 12.0. The molecule has 2 N–H and O–H groups in total. The zero-order chi connectivity index (χ0) is 19.8. The maximum absolute atomic E-state index is 6.64. The molecular weight excluding hydrogens is 404 g/mol. The highest BCUT2D eigenvalue weighted by molar-refractivity contribution is 7.99. The van der Waals surface area contributed by atoms with Gasteiger partial charge in [0.05, 0.1) is 22.3 Å². The number of fused-ring (bicyclic) bond motifs is 1. The molecule has 2 aliphatic rings. The highest BCUT2D eigenvalue weighted by Gasteiger charge is 2.46. The second-order valence-corrected chi connectivity index (χ2v) is 9.13. The summed E-state index contributed by atoms with van der Waals surface area (Å²) in [6.45, 7) is 1.86. The van der Waals surface area contributed by atoms with Crippen LogP contribution in [0.25, 0.3) is 0 Å². The van der Waals surface area contributed by atoms with E-state index in [2.05, 4.69) is 30.9 Å². The van der Waals surface area contributed by atoms with Gasteiger partial charge in [0.1, 0.15) is 10.8 Å². The summed E-state index contributed by atoms with van der Waals surface area (Å²) in [4.78, 5) is 21.0. The summed E-state index contributed by atoms with van der Waals surface area (Å²) in [7, 11) is 0. The number of halogens is 1. The van der Waals surface area contributed by atoms with E-state index in [9.17, 15) is 0 Å². The van der Waals surface area contributed by atoms with Crippen molar-refractivity contribution >= 4 is 29.2 Å². The van der Waals surface area contributed by atoms with Crippen LogP contribution in [-0.2, 0) is 6.42 Å². The van der Waals surface area contributed by atoms with Crippen molar-refractivity contribution in [3.05, 3.63) is 65.5 Å². The molecule has 29 heavy (non-hydrogen) atoms. The number of rotatable bonds is 3. The molecule has 148 valence electrons. The summed E-state index contributed by atoms with van der Waals surface area (Å²) in [6, 6.07) is 5.96. The number of pyridine rings is 2. The lowest BCUT2D eigenvalue weighted by atomic mass is 9.73. The summed E-state index contributed by atoms with van der Waals surface area (Å²) >= 11 is 7.67. The Morgan fingerprint density at radius 2 is 1.93 bits per heavy atom. The molecule has 6 nitrogen and oxygen atoms in total. The van der Waals surface area contributed by atoms with Crippen LogP contribution in [0, 0.1) is 5.41 Å². The monoisotopic (exact) mass is 424 g/mol. The fourth-order valence-corrected chi connectivity index (χ4v) is 5.34. The van der Waals surface area contributed by atoms with Crippen LogP contribution in [-0.4, -0.2) is 33.0 Å². The van der Waals surface area contributed by atoms with Crippen LogP contribution in [0.2, 0.25) is 5.02 Å². The molecule has 0 radical (unpaired) electrons. The predicted octanol–water partition coefficient (Wildman–Crippen LogP) is 3.91. The van der Waals surface area contributed by atoms with E-state index in [1.807, 2.05) is 18.5 Å². The molecule has 8 heteroatoms. The molecule has 0 bridgehead atoms. The predicted molar refractivity (Wildman–Crippen MR) is 114 cm³/mol. The first-order chi connectivity index (χ1) is 14.1. The Kier molecular flexibility index (Phi) is 4.89. The van der Waals surface area contributed by atoms with Crippen molar-refractivity contribution in [2.24, 2.45) is 11.1 Å². The molecule has 4 heterocycles. The minimum Gasteiger partial charge on any atom is -0.355 e. The van der Waals surface area contributed by atoms with E-state index < -0.39 is 0 Å². The Bertz CT molecular complexity index is 1020. The van der Waals surface area contributed by atoms with E-state index in [0.717, 1.165) is 48.1 Å². The van der Waals surface area contributed by atoms with Crippen LogP contribution in [0.1, 0.15) is 30.1 Å². The maximum Gasteiger partial charge on any atom is 0.147 e. The number of hydrogen-bond acceptors (Lipinski definition) is 7. The van der Waals surface area contributed by atoms with Gasteiger partial charge in [0.25, 0.3) is 0 Å². The first-order valence-corrected chi connectivity index (χ1v) is 10.9. The van der Waals surface area contributed by atoms with Crippen LogP contribution >= 0.6 is 23.4 Å². The summed E-state index contributed by atoms with van der Waals surface area (Å²) in [5.41, 5.74) is 9.15. The van der Waals surface area contributed by atoms with Crippen LogP contribution in [0.3, 0.4) is 0 Å². The molecule has 0 amide bonds. The van der Waals surface area contributed by atoms with Gasteiger partial charge in [-0.15, -0.1) is 0 Å². The first kappa shape index (κ1) is 18.8. The van der Waals surface area contributed by atoms with Gasteiger partial charge in [0, 0.05) is 43.4 Å². The Morgan fingerprint density at radius 1 is 1.07 bits per heavy atom. The number of anilines is 1. The Balaban J connectivity index is 1.25. The topological polar surface area (TPSA) is 80.8 Å². The molecule has 3 aromatic heterocycles. The van der Waals surface area contributed by atoms with Gasteiger partial charge in [-0.1, -0.05) is 29.4 Å². The molecule has 5 rings (SSSR count). The smallest absolute Gasteiger partial charge is 0.147 e. The number of hydrogen-bond donors (Lipinski definition) is 1. The van der Waals surface area contributed by atoms with Gasteiger partial charge in [-0.05, 0) is 42.4 Å². The third-order valence-corrected chi connectivity index (χ3v) is 7.49. The molecule has 0 saturated carbocycles. The van der Waals surface area contributed by atoms with E-state index in [4.69, 9.17) is 17.3 Å². The zero-order valence-electron chi connectivity index (χ0n) is 15.8. The lowest BCUT2D eigenvalue weighted by molar-refractivity contribution is 0.186. The van der Waals surface area contributed by atoms with Gasteiger partial charge in [0.15, 0.2) is 0 Å². The van der Waals surface area contributed by atoms with Crippen LogP contribution < -0.4 is 10.6 Å². The van der Waals surface area contributed by atoms with Crippen molar-refractivity contribution < 1.29 is 0 Å². The van der Waals surface area contributed by atoms with Crippen LogP contribution in [0.15, 0.2) is 59.1 Å². The first-order valence-electron chi connectivity index (χ1n) is 9.68. The van der Waals surface area contributed by atoms with E-state index >= 15 is 0 Å². The molecule has 3 aromatic rings. The standard InChI is InChI=1S/C21H21ClN6S/c22-15-3-7-24-11-17(15)29-19-13-26-18(12-27-19)28-8-4-21(5-9-28)10-16-14(20(21)23)2-1-6-25-16/h1-3,6-7,11-13,20H,4-5,8-10,23H2/t20-/m1/s1. The van der Waals surface area contributed by atoms with Gasteiger partial charge in [-0.25, -0.2) is 9.97 Å². The van der Waals surface area contributed by atoms with Crippen molar-refractivity contribution in [1.82, 2.24) is 19.9 Å². The molecule has 1 spiro atoms. The van der Waals surface area contributed by atoms with Gasteiger partial charge in [0.2, 0.25) is 0 Å². The third kappa shape index (κ3) is 3.47. The van der Waals surface area contributed by atoms with Crippen molar-refractivity contribution in [1.29, 1.82) is 0 Å². The molecule has 1 aliphatic carbocycles. The summed E-state index contributed by atoms with van der Waals surface area (Å²) in [5.74, 6) is 0.906. The lowest BCUT2D eigenvalue weighted by Crippen LogP contribution is -2.44. The minimum absolute atomic E-state index is 0.0717. The van der Waals surface area contributed by atoms with Gasteiger partial charge in [-0.3, -0.25) is 9.97 Å². The Labute approximate surface area is 178 Å². The van der Waals surface area contributed by atoms with Crippen molar-refractivity contribution in [3.8, 4) is 0 Å². The van der Waals surface area contributed by atoms with Gasteiger partial charge >= 0.3 is 0 Å². The lowest BCUT2D eigenvalue weighted by Gasteiger charge is -2.42. The second-order valence-electron chi connectivity index (χ2n) is 7.66. The molecule has 0 aromatic carbocycles. The SMILES string of the molecule is N[C@@H]1c2cccnc2CC12CCN(c1cnc(Sc3cnccc3Cl)cn1)CC2. The molecule has 1 atom stereocenters. The fraction of sp³-hybridized carbons (Fsp3) is 0.333. The number of nitrogens with zero attached hydrogens (tertiary/aromatic N) is 5. The largest absolute Gasteiger partial charge is 0.355 e. The van der Waals surface area contributed by atoms with Crippen molar-refractivity contribution in [2.75, 3.05) is 18.0 Å². The average Bonchev–Trinajstić information content (AvgIpc) is 3.03. The van der Waals surface area contributed by atoms with E-state index in [1.54, 1.807) is 24.7 Å². The number of aromatic nitrogens is 4. The number of piperidine rings is 1.